The van der Waals surface area contributed by atoms with E-state index in [9.17, 15) is 9.59 Å². The van der Waals surface area contributed by atoms with Crippen LogP contribution in [0.25, 0.3) is 6.08 Å². The summed E-state index contributed by atoms with van der Waals surface area (Å²) in [5, 5.41) is 0.304. The molecule has 0 bridgehead atoms. The third-order valence-corrected chi connectivity index (χ3v) is 4.49. The van der Waals surface area contributed by atoms with Crippen molar-refractivity contribution in [2.75, 3.05) is 6.61 Å². The molecule has 1 heterocycles. The van der Waals surface area contributed by atoms with Crippen molar-refractivity contribution in [3.63, 3.8) is 0 Å². The average Bonchev–Trinajstić information content (AvgIpc) is 3.03. The minimum atomic E-state index is -0.498. The summed E-state index contributed by atoms with van der Waals surface area (Å²) in [4.78, 5) is 24.1. The first kappa shape index (κ1) is 19.8. The van der Waals surface area contributed by atoms with Crippen LogP contribution in [0.2, 0.25) is 5.02 Å². The molecule has 1 aliphatic rings. The number of carbonyl (C=O) groups excluding carboxylic acids is 2. The van der Waals surface area contributed by atoms with Crippen molar-refractivity contribution >= 4 is 29.5 Å². The minimum absolute atomic E-state index is 0.118. The van der Waals surface area contributed by atoms with Gasteiger partial charge in [0.05, 0.1) is 17.2 Å². The highest BCUT2D eigenvalue weighted by Crippen LogP contribution is 2.35. The van der Waals surface area contributed by atoms with Crippen LogP contribution in [0.15, 0.2) is 42.5 Å². The molecule has 2 aromatic carbocycles. The molecule has 3 rings (SSSR count). The van der Waals surface area contributed by atoms with Crippen LogP contribution in [-0.2, 0) is 11.2 Å². The highest BCUT2D eigenvalue weighted by Gasteiger charge is 2.21. The maximum atomic E-state index is 12.1. The standard InChI is InChI=1S/C21H21ClN2O4/c1-3-27-18-12-15-10-13(2)28-19(15)11-14(18)8-9-20(25)23-24-21(26)16-6-4-5-7-17(16)22/h4-9,11-13H,3,10H2,1-2H3,(H,23,25)(H,24,26)/b9-8+/t13-/m0/s1. The summed E-state index contributed by atoms with van der Waals surface area (Å²) in [6.45, 7) is 4.41. The molecule has 0 fully saturated rings. The largest absolute Gasteiger partial charge is 0.493 e. The Labute approximate surface area is 168 Å². The summed E-state index contributed by atoms with van der Waals surface area (Å²) in [5.41, 5.74) is 6.75. The van der Waals surface area contributed by atoms with E-state index < -0.39 is 11.8 Å². The number of carbonyl (C=O) groups is 2. The lowest BCUT2D eigenvalue weighted by Crippen LogP contribution is -2.40. The summed E-state index contributed by atoms with van der Waals surface area (Å²) < 4.78 is 11.4. The van der Waals surface area contributed by atoms with Crippen molar-refractivity contribution in [3.05, 3.63) is 64.2 Å². The van der Waals surface area contributed by atoms with E-state index in [0.29, 0.717) is 17.4 Å². The summed E-state index contributed by atoms with van der Waals surface area (Å²) in [6.07, 6.45) is 3.88. The Morgan fingerprint density at radius 1 is 1.29 bits per heavy atom. The number of amides is 2. The zero-order valence-electron chi connectivity index (χ0n) is 15.6. The number of hydrogen-bond donors (Lipinski definition) is 2. The van der Waals surface area contributed by atoms with E-state index >= 15 is 0 Å². The lowest BCUT2D eigenvalue weighted by atomic mass is 10.1. The van der Waals surface area contributed by atoms with Crippen LogP contribution < -0.4 is 20.3 Å². The summed E-state index contributed by atoms with van der Waals surface area (Å²) in [6, 6.07) is 10.4. The monoisotopic (exact) mass is 400 g/mol. The van der Waals surface area contributed by atoms with E-state index in [1.807, 2.05) is 26.0 Å². The molecule has 0 unspecified atom stereocenters. The van der Waals surface area contributed by atoms with Crippen molar-refractivity contribution in [3.8, 4) is 11.5 Å². The first-order valence-electron chi connectivity index (χ1n) is 8.97. The molecular formula is C21H21ClN2O4. The van der Waals surface area contributed by atoms with Crippen LogP contribution >= 0.6 is 11.6 Å². The molecule has 0 aliphatic carbocycles. The van der Waals surface area contributed by atoms with Crippen molar-refractivity contribution in [1.82, 2.24) is 10.9 Å². The SMILES string of the molecule is CCOc1cc2c(cc1/C=C/C(=O)NNC(=O)c1ccccc1Cl)O[C@@H](C)C2. The van der Waals surface area contributed by atoms with E-state index in [4.69, 9.17) is 21.1 Å². The summed E-state index contributed by atoms with van der Waals surface area (Å²) >= 11 is 5.97. The Bertz CT molecular complexity index is 927. The molecule has 28 heavy (non-hydrogen) atoms. The van der Waals surface area contributed by atoms with Gasteiger partial charge in [0.1, 0.15) is 17.6 Å². The molecule has 2 amide bonds. The Balaban J connectivity index is 1.66. The smallest absolute Gasteiger partial charge is 0.271 e. The highest BCUT2D eigenvalue weighted by molar-refractivity contribution is 6.33. The molecular weight excluding hydrogens is 380 g/mol. The van der Waals surface area contributed by atoms with Crippen LogP contribution in [0.3, 0.4) is 0 Å². The number of rotatable bonds is 5. The Morgan fingerprint density at radius 2 is 2.07 bits per heavy atom. The third kappa shape index (κ3) is 4.64. The second-order valence-electron chi connectivity index (χ2n) is 6.32. The molecule has 146 valence electrons. The first-order valence-corrected chi connectivity index (χ1v) is 9.35. The molecule has 0 saturated carbocycles. The first-order chi connectivity index (χ1) is 13.5. The van der Waals surface area contributed by atoms with Gasteiger partial charge in [-0.25, -0.2) is 0 Å². The van der Waals surface area contributed by atoms with E-state index in [1.165, 1.54) is 6.08 Å². The number of hydrogen-bond acceptors (Lipinski definition) is 4. The molecule has 7 heteroatoms. The van der Waals surface area contributed by atoms with Gasteiger partial charge in [0.2, 0.25) is 0 Å². The van der Waals surface area contributed by atoms with Gasteiger partial charge in [-0.1, -0.05) is 23.7 Å². The predicted molar refractivity (Wildman–Crippen MR) is 107 cm³/mol. The van der Waals surface area contributed by atoms with Gasteiger partial charge in [-0.3, -0.25) is 20.4 Å². The number of nitrogens with one attached hydrogen (secondary N) is 2. The van der Waals surface area contributed by atoms with Crippen LogP contribution in [0.4, 0.5) is 0 Å². The lowest BCUT2D eigenvalue weighted by molar-refractivity contribution is -0.117. The van der Waals surface area contributed by atoms with Gasteiger partial charge < -0.3 is 9.47 Å². The van der Waals surface area contributed by atoms with E-state index in [2.05, 4.69) is 10.9 Å². The maximum absolute atomic E-state index is 12.1. The quantitative estimate of drug-likeness (QED) is 0.594. The van der Waals surface area contributed by atoms with Gasteiger partial charge in [-0.15, -0.1) is 0 Å². The molecule has 1 atom stereocenters. The van der Waals surface area contributed by atoms with E-state index in [1.54, 1.807) is 30.3 Å². The van der Waals surface area contributed by atoms with Crippen molar-refractivity contribution in [1.29, 1.82) is 0 Å². The maximum Gasteiger partial charge on any atom is 0.271 e. The highest BCUT2D eigenvalue weighted by atomic mass is 35.5. The normalized spacial score (nSPS) is 15.0. The number of hydrazine groups is 1. The van der Waals surface area contributed by atoms with Gasteiger partial charge in [0.15, 0.2) is 0 Å². The summed E-state index contributed by atoms with van der Waals surface area (Å²) in [7, 11) is 0. The van der Waals surface area contributed by atoms with Gasteiger partial charge in [-0.2, -0.15) is 0 Å². The fraction of sp³-hybridized carbons (Fsp3) is 0.238. The Kier molecular flexibility index (Phi) is 6.21. The molecule has 2 N–H and O–H groups in total. The summed E-state index contributed by atoms with van der Waals surface area (Å²) in [5.74, 6) is 0.492. The number of fused-ring (bicyclic) bond motifs is 1. The molecule has 0 aromatic heterocycles. The molecule has 0 saturated heterocycles. The number of benzene rings is 2. The Morgan fingerprint density at radius 3 is 2.82 bits per heavy atom. The van der Waals surface area contributed by atoms with Gasteiger partial charge in [0.25, 0.3) is 11.8 Å². The Hall–Kier alpha value is -2.99. The molecule has 1 aliphatic heterocycles. The molecule has 2 aromatic rings. The second kappa shape index (κ2) is 8.80. The van der Waals surface area contributed by atoms with E-state index in [-0.39, 0.29) is 11.7 Å². The van der Waals surface area contributed by atoms with Crippen LogP contribution in [-0.4, -0.2) is 24.5 Å². The minimum Gasteiger partial charge on any atom is -0.493 e. The number of halogens is 1. The fourth-order valence-corrected chi connectivity index (χ4v) is 3.13. The van der Waals surface area contributed by atoms with Gasteiger partial charge in [-0.05, 0) is 44.2 Å². The molecule has 0 spiro atoms. The zero-order valence-corrected chi connectivity index (χ0v) is 16.4. The van der Waals surface area contributed by atoms with Gasteiger partial charge in [0, 0.05) is 23.6 Å². The molecule has 6 nitrogen and oxygen atoms in total. The number of ether oxygens (including phenoxy) is 2. The molecule has 0 radical (unpaired) electrons. The zero-order chi connectivity index (χ0) is 20.1. The van der Waals surface area contributed by atoms with Crippen molar-refractivity contribution in [2.24, 2.45) is 0 Å². The average molecular weight is 401 g/mol. The topological polar surface area (TPSA) is 76.7 Å². The van der Waals surface area contributed by atoms with Crippen molar-refractivity contribution < 1.29 is 19.1 Å². The van der Waals surface area contributed by atoms with Crippen LogP contribution in [0.1, 0.15) is 35.3 Å². The predicted octanol–water partition coefficient (Wildman–Crippen LogP) is 3.54. The van der Waals surface area contributed by atoms with Crippen LogP contribution in [0, 0.1) is 0 Å². The van der Waals surface area contributed by atoms with E-state index in [0.717, 1.165) is 23.3 Å². The van der Waals surface area contributed by atoms with Crippen LogP contribution in [0.5, 0.6) is 11.5 Å². The fourth-order valence-electron chi connectivity index (χ4n) is 2.90. The van der Waals surface area contributed by atoms with Gasteiger partial charge >= 0.3 is 0 Å². The lowest BCUT2D eigenvalue weighted by Gasteiger charge is -2.10. The van der Waals surface area contributed by atoms with Crippen molar-refractivity contribution in [2.45, 2.75) is 26.4 Å². The second-order valence-corrected chi connectivity index (χ2v) is 6.73. The third-order valence-electron chi connectivity index (χ3n) is 4.16.